The van der Waals surface area contributed by atoms with E-state index in [1.807, 2.05) is 43.3 Å². The number of anilines is 1. The Morgan fingerprint density at radius 1 is 1.16 bits per heavy atom. The summed E-state index contributed by atoms with van der Waals surface area (Å²) in [4.78, 5) is 0. The van der Waals surface area contributed by atoms with Crippen LogP contribution < -0.4 is 5.32 Å². The van der Waals surface area contributed by atoms with Crippen LogP contribution in [0.2, 0.25) is 0 Å². The zero-order chi connectivity index (χ0) is 13.7. The van der Waals surface area contributed by atoms with Gasteiger partial charge >= 0.3 is 0 Å². The van der Waals surface area contributed by atoms with Gasteiger partial charge in [0.25, 0.3) is 0 Å². The molecule has 0 aliphatic rings. The molecule has 0 bridgehead atoms. The van der Waals surface area contributed by atoms with Gasteiger partial charge in [0.2, 0.25) is 0 Å². The second kappa shape index (κ2) is 6.06. The summed E-state index contributed by atoms with van der Waals surface area (Å²) in [7, 11) is 0. The molecule has 19 heavy (non-hydrogen) atoms. The summed E-state index contributed by atoms with van der Waals surface area (Å²) in [5.74, 6) is 0. The molecule has 0 heterocycles. The molecule has 2 aromatic rings. The van der Waals surface area contributed by atoms with Crippen molar-refractivity contribution >= 4 is 5.69 Å². The Bertz CT molecular complexity index is 579. The Kier molecular flexibility index (Phi) is 4.20. The number of nitrogens with one attached hydrogen (secondary N) is 1. The third-order valence-electron chi connectivity index (χ3n) is 3.18. The van der Waals surface area contributed by atoms with Crippen molar-refractivity contribution in [3.63, 3.8) is 0 Å². The first kappa shape index (κ1) is 13.2. The van der Waals surface area contributed by atoms with Gasteiger partial charge in [-0.3, -0.25) is 0 Å². The molecule has 0 aliphatic carbocycles. The molecule has 96 valence electrons. The fraction of sp³-hybridized carbons (Fsp3) is 0.235. The van der Waals surface area contributed by atoms with Gasteiger partial charge in [0.15, 0.2) is 0 Å². The highest BCUT2D eigenvalue weighted by molar-refractivity contribution is 5.49. The zero-order valence-corrected chi connectivity index (χ0v) is 11.4. The molecular weight excluding hydrogens is 232 g/mol. The highest BCUT2D eigenvalue weighted by atomic mass is 14.9. The van der Waals surface area contributed by atoms with E-state index in [4.69, 9.17) is 0 Å². The molecule has 2 heteroatoms. The molecule has 0 fully saturated rings. The van der Waals surface area contributed by atoms with E-state index in [1.54, 1.807) is 0 Å². The van der Waals surface area contributed by atoms with Crippen molar-refractivity contribution < 1.29 is 0 Å². The molecular formula is C17H18N2. The summed E-state index contributed by atoms with van der Waals surface area (Å²) in [6, 6.07) is 18.3. The number of nitrogens with zero attached hydrogens (tertiary/aromatic N) is 1. The molecule has 0 aliphatic heterocycles. The van der Waals surface area contributed by atoms with Crippen LogP contribution in [0, 0.1) is 18.3 Å². The molecule has 2 rings (SSSR count). The van der Waals surface area contributed by atoms with Gasteiger partial charge < -0.3 is 5.32 Å². The van der Waals surface area contributed by atoms with Crippen LogP contribution >= 0.6 is 0 Å². The van der Waals surface area contributed by atoms with E-state index in [0.29, 0.717) is 0 Å². The second-order valence-corrected chi connectivity index (χ2v) is 4.67. The van der Waals surface area contributed by atoms with Crippen molar-refractivity contribution in [2.75, 3.05) is 5.32 Å². The predicted molar refractivity (Wildman–Crippen MR) is 79.0 cm³/mol. The Morgan fingerprint density at radius 3 is 2.47 bits per heavy atom. The first-order valence-electron chi connectivity index (χ1n) is 6.54. The van der Waals surface area contributed by atoms with Crippen molar-refractivity contribution in [2.45, 2.75) is 26.3 Å². The lowest BCUT2D eigenvalue weighted by atomic mass is 10.0. The molecule has 1 unspecified atom stereocenters. The maximum absolute atomic E-state index is 9.32. The zero-order valence-electron chi connectivity index (χ0n) is 11.4. The summed E-state index contributed by atoms with van der Waals surface area (Å²) in [6.45, 7) is 4.17. The molecule has 0 spiro atoms. The smallest absolute Gasteiger partial charge is 0.140 e. The van der Waals surface area contributed by atoms with Crippen molar-refractivity contribution in [3.05, 3.63) is 65.2 Å². The van der Waals surface area contributed by atoms with E-state index in [1.165, 1.54) is 11.1 Å². The van der Waals surface area contributed by atoms with E-state index in [0.717, 1.165) is 17.7 Å². The van der Waals surface area contributed by atoms with Gasteiger partial charge in [-0.2, -0.15) is 5.26 Å². The van der Waals surface area contributed by atoms with E-state index < -0.39 is 0 Å². The van der Waals surface area contributed by atoms with Crippen molar-refractivity contribution in [3.8, 4) is 6.07 Å². The van der Waals surface area contributed by atoms with Crippen LogP contribution in [-0.4, -0.2) is 0 Å². The second-order valence-electron chi connectivity index (χ2n) is 4.67. The first-order valence-corrected chi connectivity index (χ1v) is 6.54. The Morgan fingerprint density at radius 2 is 1.89 bits per heavy atom. The quantitative estimate of drug-likeness (QED) is 0.881. The minimum absolute atomic E-state index is 0.312. The van der Waals surface area contributed by atoms with Gasteiger partial charge in [-0.05, 0) is 42.2 Å². The summed E-state index contributed by atoms with van der Waals surface area (Å²) in [6.07, 6.45) is 1.02. The fourth-order valence-corrected chi connectivity index (χ4v) is 2.04. The van der Waals surface area contributed by atoms with Crippen molar-refractivity contribution in [1.82, 2.24) is 0 Å². The van der Waals surface area contributed by atoms with Crippen molar-refractivity contribution in [1.29, 1.82) is 5.26 Å². The van der Waals surface area contributed by atoms with Crippen LogP contribution in [-0.2, 0) is 6.42 Å². The summed E-state index contributed by atoms with van der Waals surface area (Å²) in [5, 5.41) is 12.6. The summed E-state index contributed by atoms with van der Waals surface area (Å²) in [5.41, 5.74) is 4.45. The van der Waals surface area contributed by atoms with Gasteiger partial charge in [0.05, 0.1) is 6.07 Å². The average molecular weight is 250 g/mol. The van der Waals surface area contributed by atoms with Gasteiger partial charge in [-0.15, -0.1) is 0 Å². The van der Waals surface area contributed by atoms with Crippen LogP contribution in [0.25, 0.3) is 0 Å². The number of benzene rings is 2. The average Bonchev–Trinajstić information content (AvgIpc) is 2.45. The minimum Gasteiger partial charge on any atom is -0.366 e. The minimum atomic E-state index is -0.312. The number of nitriles is 1. The van der Waals surface area contributed by atoms with Crippen molar-refractivity contribution in [2.24, 2.45) is 0 Å². The molecule has 0 saturated carbocycles. The normalized spacial score (nSPS) is 11.6. The molecule has 1 N–H and O–H groups in total. The highest BCUT2D eigenvalue weighted by Crippen LogP contribution is 2.20. The fourth-order valence-electron chi connectivity index (χ4n) is 2.04. The maximum Gasteiger partial charge on any atom is 0.140 e. The molecule has 2 aromatic carbocycles. The molecule has 2 nitrogen and oxygen atoms in total. The number of hydrogen-bond donors (Lipinski definition) is 1. The van der Waals surface area contributed by atoms with Crippen LogP contribution in [0.4, 0.5) is 5.69 Å². The standard InChI is InChI=1S/C17H18N2/c1-3-14-7-9-15(10-8-14)17(12-18)19-16-6-4-5-13(2)11-16/h4-11,17,19H,3H2,1-2H3. The number of aryl methyl sites for hydroxylation is 2. The number of hydrogen-bond acceptors (Lipinski definition) is 2. The van der Waals surface area contributed by atoms with Gasteiger partial charge in [-0.25, -0.2) is 0 Å². The van der Waals surface area contributed by atoms with Crippen LogP contribution in [0.3, 0.4) is 0 Å². The van der Waals surface area contributed by atoms with E-state index in [9.17, 15) is 5.26 Å². The first-order chi connectivity index (χ1) is 9.22. The van der Waals surface area contributed by atoms with Gasteiger partial charge in [0, 0.05) is 5.69 Å². The van der Waals surface area contributed by atoms with E-state index >= 15 is 0 Å². The number of rotatable bonds is 4. The SMILES string of the molecule is CCc1ccc(C(C#N)Nc2cccc(C)c2)cc1. The summed E-state index contributed by atoms with van der Waals surface area (Å²) >= 11 is 0. The van der Waals surface area contributed by atoms with Gasteiger partial charge in [0.1, 0.15) is 6.04 Å². The lowest BCUT2D eigenvalue weighted by Gasteiger charge is -2.14. The molecule has 0 amide bonds. The Balaban J connectivity index is 2.18. The lowest BCUT2D eigenvalue weighted by molar-refractivity contribution is 0.991. The predicted octanol–water partition coefficient (Wildman–Crippen LogP) is 4.23. The topological polar surface area (TPSA) is 35.8 Å². The van der Waals surface area contributed by atoms with Crippen LogP contribution in [0.1, 0.15) is 29.7 Å². The maximum atomic E-state index is 9.32. The highest BCUT2D eigenvalue weighted by Gasteiger charge is 2.09. The molecule has 0 radical (unpaired) electrons. The Labute approximate surface area is 114 Å². The van der Waals surface area contributed by atoms with Crippen LogP contribution in [0.15, 0.2) is 48.5 Å². The lowest BCUT2D eigenvalue weighted by Crippen LogP contribution is -2.08. The van der Waals surface area contributed by atoms with E-state index in [2.05, 4.69) is 30.4 Å². The largest absolute Gasteiger partial charge is 0.366 e. The van der Waals surface area contributed by atoms with Gasteiger partial charge in [-0.1, -0.05) is 43.3 Å². The molecule has 0 saturated heterocycles. The molecule has 0 aromatic heterocycles. The third kappa shape index (κ3) is 3.35. The van der Waals surface area contributed by atoms with E-state index in [-0.39, 0.29) is 6.04 Å². The monoisotopic (exact) mass is 250 g/mol. The Hall–Kier alpha value is -2.27. The molecule has 1 atom stereocenters. The third-order valence-corrected chi connectivity index (χ3v) is 3.18. The van der Waals surface area contributed by atoms with Crippen LogP contribution in [0.5, 0.6) is 0 Å². The summed E-state index contributed by atoms with van der Waals surface area (Å²) < 4.78 is 0.